The summed E-state index contributed by atoms with van der Waals surface area (Å²) < 4.78 is 2.06. The van der Waals surface area contributed by atoms with Crippen molar-refractivity contribution in [3.05, 3.63) is 77.8 Å². The van der Waals surface area contributed by atoms with Crippen molar-refractivity contribution < 1.29 is 0 Å². The molecule has 2 heterocycles. The fraction of sp³-hybridized carbons (Fsp3) is 0.360. The fourth-order valence-corrected chi connectivity index (χ4v) is 4.94. The van der Waals surface area contributed by atoms with E-state index in [1.165, 1.54) is 40.8 Å². The van der Waals surface area contributed by atoms with E-state index < -0.39 is 0 Å². The minimum absolute atomic E-state index is 0.124. The Labute approximate surface area is 172 Å². The van der Waals surface area contributed by atoms with Crippen LogP contribution < -0.4 is 5.32 Å². The zero-order valence-corrected chi connectivity index (χ0v) is 17.4. The maximum atomic E-state index is 4.58. The molecule has 1 aromatic heterocycles. The summed E-state index contributed by atoms with van der Waals surface area (Å²) in [7, 11) is 0. The summed E-state index contributed by atoms with van der Waals surface area (Å²) in [6.45, 7) is 7.04. The van der Waals surface area contributed by atoms with Crippen molar-refractivity contribution in [3.8, 4) is 11.1 Å². The molecule has 4 nitrogen and oxygen atoms in total. The third kappa shape index (κ3) is 3.17. The highest BCUT2D eigenvalue weighted by Crippen LogP contribution is 2.48. The number of anilines is 1. The van der Waals surface area contributed by atoms with Crippen molar-refractivity contribution in [3.63, 3.8) is 0 Å². The molecule has 2 aromatic carbocycles. The van der Waals surface area contributed by atoms with Gasteiger partial charge in [0.1, 0.15) is 12.4 Å². The number of fused-ring (bicyclic) bond motifs is 1. The molecule has 0 unspecified atom stereocenters. The Balaban J connectivity index is 1.59. The van der Waals surface area contributed by atoms with Crippen LogP contribution in [0.3, 0.4) is 0 Å². The minimum Gasteiger partial charge on any atom is -0.328 e. The number of hydrogen-bond donors (Lipinski definition) is 1. The first-order chi connectivity index (χ1) is 14.0. The molecule has 1 aliphatic heterocycles. The number of nitrogens with one attached hydrogen (secondary N) is 1. The largest absolute Gasteiger partial charge is 0.328 e. The number of hydrogen-bond acceptors (Lipinski definition) is 3. The van der Waals surface area contributed by atoms with Crippen molar-refractivity contribution in [2.45, 2.75) is 46.1 Å². The molecule has 0 spiro atoms. The summed E-state index contributed by atoms with van der Waals surface area (Å²) >= 11 is 0. The number of nitrogens with zero attached hydrogens (tertiary/aromatic N) is 3. The zero-order valence-electron chi connectivity index (χ0n) is 17.4. The van der Waals surface area contributed by atoms with Crippen molar-refractivity contribution in [2.75, 3.05) is 5.32 Å². The van der Waals surface area contributed by atoms with Gasteiger partial charge in [-0.25, -0.2) is 4.68 Å². The third-order valence-electron chi connectivity index (χ3n) is 6.41. The first-order valence-corrected chi connectivity index (χ1v) is 10.6. The monoisotopic (exact) mass is 384 g/mol. The minimum atomic E-state index is 0.124. The van der Waals surface area contributed by atoms with E-state index in [4.69, 9.17) is 0 Å². The van der Waals surface area contributed by atoms with Crippen molar-refractivity contribution >= 4 is 5.95 Å². The predicted octanol–water partition coefficient (Wildman–Crippen LogP) is 6.06. The highest BCUT2D eigenvalue weighted by atomic mass is 15.4. The SMILES string of the molecule is CC(C)(C)[C@@H]1CCCC2=C1Nc1ncnn1[C@@H]2c1ccc(-c2ccccc2)cc1. The number of allylic oxidation sites excluding steroid dienone is 2. The number of aromatic nitrogens is 3. The maximum Gasteiger partial charge on any atom is 0.226 e. The van der Waals surface area contributed by atoms with Crippen LogP contribution >= 0.6 is 0 Å². The van der Waals surface area contributed by atoms with E-state index in [-0.39, 0.29) is 11.5 Å². The molecule has 29 heavy (non-hydrogen) atoms. The van der Waals surface area contributed by atoms with Crippen LogP contribution in [0.5, 0.6) is 0 Å². The molecule has 0 fully saturated rings. The van der Waals surface area contributed by atoms with Gasteiger partial charge in [-0.15, -0.1) is 0 Å². The summed E-state index contributed by atoms with van der Waals surface area (Å²) in [4.78, 5) is 4.51. The van der Waals surface area contributed by atoms with Gasteiger partial charge in [-0.3, -0.25) is 0 Å². The van der Waals surface area contributed by atoms with Crippen LogP contribution in [0.1, 0.15) is 51.6 Å². The second kappa shape index (κ2) is 6.87. The number of benzene rings is 2. The second-order valence-electron chi connectivity index (χ2n) is 9.29. The quantitative estimate of drug-likeness (QED) is 0.584. The standard InChI is InChI=1S/C25H28N4/c1-25(2,3)21-11-7-10-20-22(21)28-24-26-16-27-29(24)23(20)19-14-12-18(13-15-19)17-8-5-4-6-9-17/h4-6,8-9,12-16,21,23H,7,10-11H2,1-3H3,(H,26,27,28)/t21-,23-/m1/s1. The van der Waals surface area contributed by atoms with Gasteiger partial charge in [0.2, 0.25) is 5.95 Å². The molecule has 0 radical (unpaired) electrons. The summed E-state index contributed by atoms with van der Waals surface area (Å²) in [6.07, 6.45) is 5.23. The Morgan fingerprint density at radius 3 is 2.41 bits per heavy atom. The summed E-state index contributed by atoms with van der Waals surface area (Å²) in [6, 6.07) is 19.6. The Bertz CT molecular complexity index is 1040. The van der Waals surface area contributed by atoms with Crippen LogP contribution in [0.2, 0.25) is 0 Å². The van der Waals surface area contributed by atoms with Crippen LogP contribution in [-0.2, 0) is 0 Å². The van der Waals surface area contributed by atoms with Crippen molar-refractivity contribution in [1.82, 2.24) is 14.8 Å². The summed E-state index contributed by atoms with van der Waals surface area (Å²) in [5, 5.41) is 8.22. The van der Waals surface area contributed by atoms with E-state index in [2.05, 4.69) is 95.4 Å². The van der Waals surface area contributed by atoms with E-state index in [9.17, 15) is 0 Å². The smallest absolute Gasteiger partial charge is 0.226 e. The molecule has 5 rings (SSSR count). The lowest BCUT2D eigenvalue weighted by Gasteiger charge is -2.42. The average Bonchev–Trinajstić information content (AvgIpc) is 3.20. The van der Waals surface area contributed by atoms with Gasteiger partial charge in [-0.05, 0) is 46.9 Å². The topological polar surface area (TPSA) is 42.7 Å². The molecule has 3 aromatic rings. The highest BCUT2D eigenvalue weighted by Gasteiger charge is 2.39. The third-order valence-corrected chi connectivity index (χ3v) is 6.41. The van der Waals surface area contributed by atoms with E-state index in [1.54, 1.807) is 6.33 Å². The number of rotatable bonds is 2. The maximum absolute atomic E-state index is 4.58. The van der Waals surface area contributed by atoms with Crippen LogP contribution in [0.4, 0.5) is 5.95 Å². The average molecular weight is 385 g/mol. The Morgan fingerprint density at radius 2 is 1.69 bits per heavy atom. The first-order valence-electron chi connectivity index (χ1n) is 10.6. The zero-order chi connectivity index (χ0) is 20.0. The van der Waals surface area contributed by atoms with Gasteiger partial charge < -0.3 is 5.32 Å². The van der Waals surface area contributed by atoms with Gasteiger partial charge in [0.15, 0.2) is 0 Å². The van der Waals surface area contributed by atoms with Crippen molar-refractivity contribution in [2.24, 2.45) is 11.3 Å². The van der Waals surface area contributed by atoms with Crippen molar-refractivity contribution in [1.29, 1.82) is 0 Å². The van der Waals surface area contributed by atoms with Gasteiger partial charge in [-0.2, -0.15) is 10.1 Å². The van der Waals surface area contributed by atoms with Gasteiger partial charge >= 0.3 is 0 Å². The molecular formula is C25H28N4. The van der Waals surface area contributed by atoms with Gasteiger partial charge in [0.25, 0.3) is 0 Å². The molecule has 0 amide bonds. The van der Waals surface area contributed by atoms with Crippen LogP contribution in [0, 0.1) is 11.3 Å². The molecule has 1 N–H and O–H groups in total. The van der Waals surface area contributed by atoms with E-state index in [1.807, 2.05) is 0 Å². The van der Waals surface area contributed by atoms with Gasteiger partial charge in [0.05, 0.1) is 0 Å². The lowest BCUT2D eigenvalue weighted by atomic mass is 9.70. The molecule has 2 aliphatic rings. The summed E-state index contributed by atoms with van der Waals surface area (Å²) in [5.74, 6) is 1.37. The normalized spacial score (nSPS) is 21.3. The molecule has 0 bridgehead atoms. The highest BCUT2D eigenvalue weighted by molar-refractivity contribution is 5.64. The fourth-order valence-electron chi connectivity index (χ4n) is 4.94. The lowest BCUT2D eigenvalue weighted by molar-refractivity contribution is 0.244. The van der Waals surface area contributed by atoms with E-state index in [0.29, 0.717) is 5.92 Å². The second-order valence-corrected chi connectivity index (χ2v) is 9.29. The Kier molecular flexibility index (Phi) is 4.30. The lowest BCUT2D eigenvalue weighted by Crippen LogP contribution is -2.35. The molecule has 1 aliphatic carbocycles. The molecule has 0 saturated carbocycles. The first kappa shape index (κ1) is 18.2. The van der Waals surface area contributed by atoms with Crippen LogP contribution in [0.15, 0.2) is 72.2 Å². The molecular weight excluding hydrogens is 356 g/mol. The Hall–Kier alpha value is -2.88. The molecule has 4 heteroatoms. The molecule has 2 atom stereocenters. The summed E-state index contributed by atoms with van der Waals surface area (Å²) in [5.41, 5.74) is 6.84. The predicted molar refractivity (Wildman–Crippen MR) is 117 cm³/mol. The van der Waals surface area contributed by atoms with Crippen LogP contribution in [0.25, 0.3) is 11.1 Å². The van der Waals surface area contributed by atoms with E-state index >= 15 is 0 Å². The van der Waals surface area contributed by atoms with Gasteiger partial charge in [-0.1, -0.05) is 75.4 Å². The van der Waals surface area contributed by atoms with Crippen LogP contribution in [-0.4, -0.2) is 14.8 Å². The molecule has 0 saturated heterocycles. The molecule has 148 valence electrons. The Morgan fingerprint density at radius 1 is 0.966 bits per heavy atom. The van der Waals surface area contributed by atoms with E-state index in [0.717, 1.165) is 12.4 Å². The van der Waals surface area contributed by atoms with Gasteiger partial charge in [0, 0.05) is 11.6 Å².